The Hall–Kier alpha value is -2.79. The topological polar surface area (TPSA) is 50.4 Å². The van der Waals surface area contributed by atoms with E-state index in [1.54, 1.807) is 6.26 Å². The zero-order valence-electron chi connectivity index (χ0n) is 16.6. The summed E-state index contributed by atoms with van der Waals surface area (Å²) in [5, 5.41) is 3.06. The predicted octanol–water partition coefficient (Wildman–Crippen LogP) is 4.03. The van der Waals surface area contributed by atoms with Crippen molar-refractivity contribution in [3.05, 3.63) is 77.0 Å². The van der Waals surface area contributed by atoms with E-state index in [2.05, 4.69) is 28.9 Å². The molecular weight excluding hydrogens is 338 g/mol. The van der Waals surface area contributed by atoms with Crippen LogP contribution in [0, 0.1) is 20.8 Å². The van der Waals surface area contributed by atoms with E-state index in [0.717, 1.165) is 22.8 Å². The van der Waals surface area contributed by atoms with E-state index in [4.69, 9.17) is 4.42 Å². The standard InChI is InChI=1S/C22H27N3O2/c1-15-9-6-7-10-19(15)25-16(2)13-18(17(25)3)22(26)23-14-20(24(4)5)21-11-8-12-27-21/h6-13,20H,14H2,1-5H3,(H,23,26). The van der Waals surface area contributed by atoms with Crippen molar-refractivity contribution >= 4 is 5.91 Å². The molecule has 3 rings (SSSR count). The van der Waals surface area contributed by atoms with Crippen LogP contribution in [0.3, 0.4) is 0 Å². The van der Waals surface area contributed by atoms with Crippen molar-refractivity contribution in [2.24, 2.45) is 0 Å². The zero-order chi connectivity index (χ0) is 19.6. The third-order valence-corrected chi connectivity index (χ3v) is 4.98. The predicted molar refractivity (Wildman–Crippen MR) is 107 cm³/mol. The molecule has 0 fully saturated rings. The van der Waals surface area contributed by atoms with Gasteiger partial charge in [0.15, 0.2) is 0 Å². The number of benzene rings is 1. The van der Waals surface area contributed by atoms with Crippen molar-refractivity contribution < 1.29 is 9.21 Å². The Labute approximate surface area is 160 Å². The van der Waals surface area contributed by atoms with Gasteiger partial charge >= 0.3 is 0 Å². The van der Waals surface area contributed by atoms with E-state index < -0.39 is 0 Å². The molecule has 0 radical (unpaired) electrons. The van der Waals surface area contributed by atoms with Crippen LogP contribution in [-0.4, -0.2) is 36.0 Å². The fourth-order valence-corrected chi connectivity index (χ4v) is 3.48. The molecule has 1 atom stereocenters. The number of carbonyl (C=O) groups is 1. The molecule has 0 bridgehead atoms. The van der Waals surface area contributed by atoms with Crippen molar-refractivity contribution in [1.82, 2.24) is 14.8 Å². The van der Waals surface area contributed by atoms with Crippen LogP contribution in [0.5, 0.6) is 0 Å². The summed E-state index contributed by atoms with van der Waals surface area (Å²) in [4.78, 5) is 14.9. The van der Waals surface area contributed by atoms with Gasteiger partial charge in [0.25, 0.3) is 5.91 Å². The number of hydrogen-bond donors (Lipinski definition) is 1. The van der Waals surface area contributed by atoms with Crippen LogP contribution in [0.25, 0.3) is 5.69 Å². The molecule has 1 N–H and O–H groups in total. The van der Waals surface area contributed by atoms with Crippen LogP contribution in [0.4, 0.5) is 0 Å². The van der Waals surface area contributed by atoms with Crippen molar-refractivity contribution in [3.8, 4) is 5.69 Å². The third-order valence-electron chi connectivity index (χ3n) is 4.98. The Morgan fingerprint density at radius 2 is 1.89 bits per heavy atom. The number of nitrogens with one attached hydrogen (secondary N) is 1. The van der Waals surface area contributed by atoms with Gasteiger partial charge in [-0.3, -0.25) is 9.69 Å². The van der Waals surface area contributed by atoms with Gasteiger partial charge in [0.05, 0.1) is 17.9 Å². The summed E-state index contributed by atoms with van der Waals surface area (Å²) in [6.07, 6.45) is 1.66. The van der Waals surface area contributed by atoms with Crippen LogP contribution in [-0.2, 0) is 0 Å². The number of amides is 1. The minimum absolute atomic E-state index is 0.0104. The first-order valence-corrected chi connectivity index (χ1v) is 9.13. The molecule has 5 nitrogen and oxygen atoms in total. The van der Waals surface area contributed by atoms with E-state index in [1.165, 1.54) is 5.56 Å². The number of nitrogens with zero attached hydrogens (tertiary/aromatic N) is 2. The minimum Gasteiger partial charge on any atom is -0.468 e. The Morgan fingerprint density at radius 1 is 1.15 bits per heavy atom. The van der Waals surface area contributed by atoms with Crippen molar-refractivity contribution in [2.75, 3.05) is 20.6 Å². The third kappa shape index (κ3) is 3.83. The first-order chi connectivity index (χ1) is 12.9. The average Bonchev–Trinajstić information content (AvgIpc) is 3.24. The second-order valence-electron chi connectivity index (χ2n) is 7.11. The molecular formula is C22H27N3O2. The summed E-state index contributed by atoms with van der Waals surface area (Å²) in [6, 6.07) is 13.9. The molecule has 0 aliphatic carbocycles. The largest absolute Gasteiger partial charge is 0.468 e. The number of hydrogen-bond acceptors (Lipinski definition) is 3. The molecule has 2 heterocycles. The van der Waals surface area contributed by atoms with E-state index in [-0.39, 0.29) is 11.9 Å². The smallest absolute Gasteiger partial charge is 0.253 e. The number of carbonyl (C=O) groups excluding carboxylic acids is 1. The molecule has 1 amide bonds. The molecule has 2 aromatic heterocycles. The SMILES string of the molecule is Cc1ccccc1-n1c(C)cc(C(=O)NCC(c2ccco2)N(C)C)c1C. The molecule has 1 unspecified atom stereocenters. The maximum Gasteiger partial charge on any atom is 0.253 e. The van der Waals surface area contributed by atoms with Crippen molar-refractivity contribution in [2.45, 2.75) is 26.8 Å². The Balaban J connectivity index is 1.82. The van der Waals surface area contributed by atoms with Crippen LogP contribution in [0.15, 0.2) is 53.1 Å². The molecule has 1 aromatic carbocycles. The lowest BCUT2D eigenvalue weighted by molar-refractivity contribution is 0.0938. The quantitative estimate of drug-likeness (QED) is 0.717. The average molecular weight is 365 g/mol. The van der Waals surface area contributed by atoms with E-state index >= 15 is 0 Å². The fourth-order valence-electron chi connectivity index (χ4n) is 3.48. The van der Waals surface area contributed by atoms with Gasteiger partial charge in [0.2, 0.25) is 0 Å². The zero-order valence-corrected chi connectivity index (χ0v) is 16.6. The summed E-state index contributed by atoms with van der Waals surface area (Å²) in [5.74, 6) is 0.770. The molecule has 0 aliphatic rings. The van der Waals surface area contributed by atoms with Gasteiger partial charge in [-0.2, -0.15) is 0 Å². The molecule has 0 aliphatic heterocycles. The number of likely N-dealkylation sites (N-methyl/N-ethyl adjacent to an activating group) is 1. The van der Waals surface area contributed by atoms with Crippen molar-refractivity contribution in [3.63, 3.8) is 0 Å². The molecule has 0 saturated heterocycles. The fraction of sp³-hybridized carbons (Fsp3) is 0.318. The number of furan rings is 1. The highest BCUT2D eigenvalue weighted by molar-refractivity contribution is 5.96. The van der Waals surface area contributed by atoms with E-state index in [1.807, 2.05) is 63.2 Å². The van der Waals surface area contributed by atoms with Gasteiger partial charge in [-0.1, -0.05) is 18.2 Å². The highest BCUT2D eigenvalue weighted by Crippen LogP contribution is 2.23. The lowest BCUT2D eigenvalue weighted by Crippen LogP contribution is -2.34. The van der Waals surface area contributed by atoms with Gasteiger partial charge in [-0.25, -0.2) is 0 Å². The molecule has 3 aromatic rings. The highest BCUT2D eigenvalue weighted by Gasteiger charge is 2.21. The maximum absolute atomic E-state index is 12.9. The van der Waals surface area contributed by atoms with Crippen molar-refractivity contribution in [1.29, 1.82) is 0 Å². The van der Waals surface area contributed by atoms with Crippen LogP contribution < -0.4 is 5.32 Å². The molecule has 0 saturated carbocycles. The number of aromatic nitrogens is 1. The minimum atomic E-state index is -0.0682. The summed E-state index contributed by atoms with van der Waals surface area (Å²) < 4.78 is 7.65. The molecule has 0 spiro atoms. The van der Waals surface area contributed by atoms with Crippen LogP contribution in [0.1, 0.15) is 39.1 Å². The molecule has 5 heteroatoms. The Morgan fingerprint density at radius 3 is 2.52 bits per heavy atom. The second kappa shape index (κ2) is 7.84. The molecule has 27 heavy (non-hydrogen) atoms. The lowest BCUT2D eigenvalue weighted by atomic mass is 10.1. The van der Waals surface area contributed by atoms with Gasteiger partial charge < -0.3 is 14.3 Å². The number of rotatable bonds is 6. The first-order valence-electron chi connectivity index (χ1n) is 9.13. The van der Waals surface area contributed by atoms with Gasteiger partial charge in [0, 0.05) is 23.6 Å². The summed E-state index contributed by atoms with van der Waals surface area (Å²) in [6.45, 7) is 6.58. The first kappa shape index (κ1) is 19.0. The maximum atomic E-state index is 12.9. The van der Waals surface area contributed by atoms with E-state index in [0.29, 0.717) is 12.1 Å². The second-order valence-corrected chi connectivity index (χ2v) is 7.11. The summed E-state index contributed by atoms with van der Waals surface area (Å²) in [7, 11) is 3.95. The lowest BCUT2D eigenvalue weighted by Gasteiger charge is -2.22. The Bertz CT molecular complexity index is 923. The summed E-state index contributed by atoms with van der Waals surface area (Å²) >= 11 is 0. The van der Waals surface area contributed by atoms with Gasteiger partial charge in [0.1, 0.15) is 5.76 Å². The monoisotopic (exact) mass is 365 g/mol. The van der Waals surface area contributed by atoms with Crippen LogP contribution in [0.2, 0.25) is 0 Å². The number of aryl methyl sites for hydroxylation is 2. The van der Waals surface area contributed by atoms with Gasteiger partial charge in [-0.05, 0) is 64.7 Å². The molecule has 142 valence electrons. The summed E-state index contributed by atoms with van der Waals surface area (Å²) in [5.41, 5.74) is 4.97. The Kier molecular flexibility index (Phi) is 5.51. The normalized spacial score (nSPS) is 12.4. The number of para-hydroxylation sites is 1. The van der Waals surface area contributed by atoms with E-state index in [9.17, 15) is 4.79 Å². The van der Waals surface area contributed by atoms with Crippen LogP contribution >= 0.6 is 0 Å². The van der Waals surface area contributed by atoms with Gasteiger partial charge in [-0.15, -0.1) is 0 Å². The highest BCUT2D eigenvalue weighted by atomic mass is 16.3.